The molecular formula is C25H34N2O5. The third-order valence-corrected chi connectivity index (χ3v) is 5.56. The van der Waals surface area contributed by atoms with Crippen molar-refractivity contribution >= 4 is 11.8 Å². The number of rotatable bonds is 10. The van der Waals surface area contributed by atoms with Crippen molar-refractivity contribution in [3.05, 3.63) is 47.9 Å². The van der Waals surface area contributed by atoms with Gasteiger partial charge in [0.15, 0.2) is 17.3 Å². The number of hydrogen-bond donors (Lipinski definition) is 1. The third kappa shape index (κ3) is 6.05. The van der Waals surface area contributed by atoms with Gasteiger partial charge < -0.3 is 24.1 Å². The third-order valence-electron chi connectivity index (χ3n) is 5.56. The zero-order valence-corrected chi connectivity index (χ0v) is 19.3. The maximum Gasteiger partial charge on any atom is 0.289 e. The first-order valence-electron chi connectivity index (χ1n) is 11.6. The number of hydrogen-bond acceptors (Lipinski definition) is 5. The Kier molecular flexibility index (Phi) is 8.59. The average molecular weight is 443 g/mol. The molecule has 1 aromatic carbocycles. The molecule has 7 nitrogen and oxygen atoms in total. The Morgan fingerprint density at radius 3 is 2.59 bits per heavy atom. The summed E-state index contributed by atoms with van der Waals surface area (Å²) in [4.78, 5) is 27.3. The van der Waals surface area contributed by atoms with Crippen LogP contribution in [0.25, 0.3) is 0 Å². The van der Waals surface area contributed by atoms with Crippen LogP contribution in [-0.2, 0) is 4.79 Å². The maximum absolute atomic E-state index is 13.0. The average Bonchev–Trinajstić information content (AvgIpc) is 3.36. The fourth-order valence-electron chi connectivity index (χ4n) is 3.80. The van der Waals surface area contributed by atoms with Crippen molar-refractivity contribution in [1.29, 1.82) is 0 Å². The Morgan fingerprint density at radius 1 is 1.16 bits per heavy atom. The molecule has 0 bridgehead atoms. The number of ether oxygens (including phenoxy) is 2. The molecule has 1 aliphatic rings. The summed E-state index contributed by atoms with van der Waals surface area (Å²) >= 11 is 0. The number of piperidine rings is 1. The monoisotopic (exact) mass is 442 g/mol. The fraction of sp³-hybridized carbons (Fsp3) is 0.520. The first-order valence-corrected chi connectivity index (χ1v) is 11.6. The van der Waals surface area contributed by atoms with Gasteiger partial charge in [-0.25, -0.2) is 0 Å². The van der Waals surface area contributed by atoms with E-state index in [1.807, 2.05) is 25.1 Å². The van der Waals surface area contributed by atoms with Crippen LogP contribution in [0, 0.1) is 5.92 Å². The first kappa shape index (κ1) is 23.7. The zero-order valence-electron chi connectivity index (χ0n) is 19.3. The minimum atomic E-state index is -0.243. The van der Waals surface area contributed by atoms with Crippen LogP contribution in [0.15, 0.2) is 41.0 Å². The minimum absolute atomic E-state index is 0.0446. The predicted molar refractivity (Wildman–Crippen MR) is 122 cm³/mol. The number of carbonyl (C=O) groups is 2. The van der Waals surface area contributed by atoms with E-state index in [0.717, 1.165) is 37.0 Å². The summed E-state index contributed by atoms with van der Waals surface area (Å²) in [5.74, 6) is 1.28. The van der Waals surface area contributed by atoms with Crippen LogP contribution < -0.4 is 14.8 Å². The molecule has 32 heavy (non-hydrogen) atoms. The van der Waals surface area contributed by atoms with Crippen LogP contribution in [-0.4, -0.2) is 43.0 Å². The van der Waals surface area contributed by atoms with E-state index in [4.69, 9.17) is 13.9 Å². The van der Waals surface area contributed by atoms with Gasteiger partial charge in [0.25, 0.3) is 5.91 Å². The molecule has 1 aliphatic heterocycles. The summed E-state index contributed by atoms with van der Waals surface area (Å²) in [7, 11) is 0. The van der Waals surface area contributed by atoms with Gasteiger partial charge in [-0.2, -0.15) is 0 Å². The van der Waals surface area contributed by atoms with Crippen LogP contribution in [0.3, 0.4) is 0 Å². The summed E-state index contributed by atoms with van der Waals surface area (Å²) in [6.45, 7) is 8.34. The molecular weight excluding hydrogens is 408 g/mol. The second-order valence-corrected chi connectivity index (χ2v) is 8.20. The highest BCUT2D eigenvalue weighted by Gasteiger charge is 2.30. The van der Waals surface area contributed by atoms with Crippen molar-refractivity contribution in [3.8, 4) is 11.5 Å². The number of amides is 2. The van der Waals surface area contributed by atoms with Crippen molar-refractivity contribution in [2.24, 2.45) is 5.92 Å². The smallest absolute Gasteiger partial charge is 0.289 e. The lowest BCUT2D eigenvalue weighted by molar-refractivity contribution is -0.127. The number of nitrogens with zero attached hydrogens (tertiary/aromatic N) is 1. The lowest BCUT2D eigenvalue weighted by Crippen LogP contribution is -2.45. The normalized spacial score (nSPS) is 17.0. The molecule has 1 saturated heterocycles. The molecule has 3 rings (SSSR count). The van der Waals surface area contributed by atoms with Gasteiger partial charge in [-0.1, -0.05) is 19.9 Å². The van der Waals surface area contributed by atoms with E-state index in [1.165, 1.54) is 6.26 Å². The van der Waals surface area contributed by atoms with Gasteiger partial charge >= 0.3 is 0 Å². The van der Waals surface area contributed by atoms with Crippen molar-refractivity contribution in [2.75, 3.05) is 26.3 Å². The van der Waals surface area contributed by atoms with E-state index in [2.05, 4.69) is 19.2 Å². The molecule has 2 aromatic rings. The van der Waals surface area contributed by atoms with Crippen LogP contribution in [0.1, 0.15) is 68.6 Å². The van der Waals surface area contributed by atoms with Gasteiger partial charge in [0.1, 0.15) is 0 Å². The lowest BCUT2D eigenvalue weighted by atomic mass is 9.96. The molecule has 1 aromatic heterocycles. The number of likely N-dealkylation sites (tertiary alicyclic amines) is 1. The molecule has 174 valence electrons. The quantitative estimate of drug-likeness (QED) is 0.582. The van der Waals surface area contributed by atoms with Gasteiger partial charge in [-0.3, -0.25) is 9.59 Å². The maximum atomic E-state index is 13.0. The van der Waals surface area contributed by atoms with Crippen molar-refractivity contribution < 1.29 is 23.5 Å². The standard InChI is InChI=1S/C25H34N2O5/c1-4-13-30-21-11-10-19(16-23(21)31-14-5-2)18(3)26-24(28)20-8-6-12-27(17-20)25(29)22-9-7-15-32-22/h7,9-11,15-16,18,20H,4-6,8,12-14,17H2,1-3H3,(H,26,28)/t18-,20+/m0/s1. The van der Waals surface area contributed by atoms with Gasteiger partial charge in [0.05, 0.1) is 31.4 Å². The summed E-state index contributed by atoms with van der Waals surface area (Å²) in [5.41, 5.74) is 0.952. The highest BCUT2D eigenvalue weighted by molar-refractivity contribution is 5.92. The van der Waals surface area contributed by atoms with E-state index >= 15 is 0 Å². The molecule has 0 saturated carbocycles. The molecule has 0 radical (unpaired) electrons. The fourth-order valence-corrected chi connectivity index (χ4v) is 3.80. The Morgan fingerprint density at radius 2 is 1.91 bits per heavy atom. The van der Waals surface area contributed by atoms with Crippen LogP contribution in [0.2, 0.25) is 0 Å². The van der Waals surface area contributed by atoms with Gasteiger partial charge in [-0.15, -0.1) is 0 Å². The van der Waals surface area contributed by atoms with E-state index in [1.54, 1.807) is 17.0 Å². The van der Waals surface area contributed by atoms with Crippen LogP contribution in [0.4, 0.5) is 0 Å². The Bertz CT molecular complexity index is 880. The molecule has 1 fully saturated rings. The second kappa shape index (κ2) is 11.6. The molecule has 0 spiro atoms. The predicted octanol–water partition coefficient (Wildman–Crippen LogP) is 4.59. The lowest BCUT2D eigenvalue weighted by Gasteiger charge is -2.32. The molecule has 7 heteroatoms. The highest BCUT2D eigenvalue weighted by atomic mass is 16.5. The summed E-state index contributed by atoms with van der Waals surface area (Å²) in [5, 5.41) is 3.11. The number of benzene rings is 1. The van der Waals surface area contributed by atoms with Gasteiger partial charge in [0, 0.05) is 13.1 Å². The van der Waals surface area contributed by atoms with Crippen molar-refractivity contribution in [2.45, 2.75) is 52.5 Å². The van der Waals surface area contributed by atoms with E-state index < -0.39 is 0 Å². The molecule has 2 heterocycles. The van der Waals surface area contributed by atoms with Crippen LogP contribution >= 0.6 is 0 Å². The first-order chi connectivity index (χ1) is 15.5. The molecule has 2 amide bonds. The molecule has 0 aliphatic carbocycles. The minimum Gasteiger partial charge on any atom is -0.490 e. The zero-order chi connectivity index (χ0) is 22.9. The van der Waals surface area contributed by atoms with E-state index in [-0.39, 0.29) is 23.8 Å². The number of carbonyl (C=O) groups excluding carboxylic acids is 2. The largest absolute Gasteiger partial charge is 0.490 e. The molecule has 0 unspecified atom stereocenters. The van der Waals surface area contributed by atoms with E-state index in [9.17, 15) is 9.59 Å². The molecule has 2 atom stereocenters. The summed E-state index contributed by atoms with van der Waals surface area (Å²) in [6.07, 6.45) is 4.85. The molecule has 1 N–H and O–H groups in total. The Hall–Kier alpha value is -2.96. The Labute approximate surface area is 190 Å². The van der Waals surface area contributed by atoms with Crippen LogP contribution in [0.5, 0.6) is 11.5 Å². The number of nitrogens with one attached hydrogen (secondary N) is 1. The topological polar surface area (TPSA) is 81.0 Å². The van der Waals surface area contributed by atoms with Crippen molar-refractivity contribution in [3.63, 3.8) is 0 Å². The van der Waals surface area contributed by atoms with Gasteiger partial charge in [-0.05, 0) is 62.4 Å². The Balaban J connectivity index is 1.63. The second-order valence-electron chi connectivity index (χ2n) is 8.20. The highest BCUT2D eigenvalue weighted by Crippen LogP contribution is 2.31. The van der Waals surface area contributed by atoms with Crippen molar-refractivity contribution in [1.82, 2.24) is 10.2 Å². The summed E-state index contributed by atoms with van der Waals surface area (Å²) in [6, 6.07) is 8.97. The summed E-state index contributed by atoms with van der Waals surface area (Å²) < 4.78 is 16.9. The SMILES string of the molecule is CCCOc1ccc([C@H](C)NC(=O)[C@@H]2CCCN(C(=O)c3ccco3)C2)cc1OCCC. The van der Waals surface area contributed by atoms with Gasteiger partial charge in [0.2, 0.25) is 5.91 Å². The number of furan rings is 1. The van der Waals surface area contributed by atoms with E-state index in [0.29, 0.717) is 37.8 Å².